The van der Waals surface area contributed by atoms with Crippen LogP contribution >= 0.6 is 0 Å². The number of hydrogen-bond acceptors (Lipinski definition) is 3. The predicted octanol–water partition coefficient (Wildman–Crippen LogP) is 2.62. The summed E-state index contributed by atoms with van der Waals surface area (Å²) in [6.07, 6.45) is 0. The van der Waals surface area contributed by atoms with E-state index in [9.17, 15) is 0 Å². The van der Waals surface area contributed by atoms with Crippen LogP contribution in [0.5, 0.6) is 0 Å². The molecular weight excluding hydrogens is 198 g/mol. The van der Waals surface area contributed by atoms with Crippen LogP contribution in [0.2, 0.25) is 0 Å². The fraction of sp³-hybridized carbons (Fsp3) is 0.462. The van der Waals surface area contributed by atoms with E-state index in [4.69, 9.17) is 11.0 Å². The summed E-state index contributed by atoms with van der Waals surface area (Å²) in [5.74, 6) is 0.571. The van der Waals surface area contributed by atoms with E-state index in [0.29, 0.717) is 23.2 Å². The maximum Gasteiger partial charge on any atom is 0.101 e. The molecule has 2 N–H and O–H groups in total. The Morgan fingerprint density at radius 1 is 1.31 bits per heavy atom. The Labute approximate surface area is 97.5 Å². The summed E-state index contributed by atoms with van der Waals surface area (Å²) in [6, 6.07) is 8.08. The van der Waals surface area contributed by atoms with Crippen molar-refractivity contribution in [2.24, 2.45) is 5.92 Å². The second kappa shape index (κ2) is 4.89. The second-order valence-electron chi connectivity index (χ2n) is 4.48. The average Bonchev–Trinajstić information content (AvgIpc) is 2.26. The molecule has 0 fully saturated rings. The summed E-state index contributed by atoms with van der Waals surface area (Å²) in [4.78, 5) is 2.18. The van der Waals surface area contributed by atoms with Gasteiger partial charge in [0.25, 0.3) is 0 Å². The van der Waals surface area contributed by atoms with E-state index < -0.39 is 0 Å². The van der Waals surface area contributed by atoms with Crippen LogP contribution in [0.3, 0.4) is 0 Å². The number of rotatable bonds is 3. The molecule has 0 bridgehead atoms. The quantitative estimate of drug-likeness (QED) is 0.792. The van der Waals surface area contributed by atoms with Crippen LogP contribution in [0.25, 0.3) is 0 Å². The highest BCUT2D eigenvalue weighted by Gasteiger charge is 2.14. The number of benzene rings is 1. The zero-order chi connectivity index (χ0) is 12.3. The summed E-state index contributed by atoms with van der Waals surface area (Å²) in [6.45, 7) is 6.56. The molecular formula is C13H19N3. The van der Waals surface area contributed by atoms with Crippen molar-refractivity contribution < 1.29 is 0 Å². The van der Waals surface area contributed by atoms with Gasteiger partial charge in [-0.05, 0) is 31.0 Å². The normalized spacial score (nSPS) is 12.2. The van der Waals surface area contributed by atoms with Crippen molar-refractivity contribution in [3.05, 3.63) is 23.8 Å². The predicted molar refractivity (Wildman–Crippen MR) is 68.3 cm³/mol. The van der Waals surface area contributed by atoms with Crippen LogP contribution < -0.4 is 10.6 Å². The van der Waals surface area contributed by atoms with E-state index in [1.54, 1.807) is 6.07 Å². The standard InChI is InChI=1S/C13H19N3/c1-9(2)10(3)16(4)12-6-5-11(8-14)13(15)7-12/h5-7,9-10H,15H2,1-4H3. The van der Waals surface area contributed by atoms with Crippen LogP contribution in [0.1, 0.15) is 26.3 Å². The number of nitrogens with two attached hydrogens (primary N) is 1. The molecule has 1 rings (SSSR count). The van der Waals surface area contributed by atoms with Gasteiger partial charge in [-0.2, -0.15) is 5.26 Å². The first kappa shape index (κ1) is 12.4. The van der Waals surface area contributed by atoms with E-state index in [1.807, 2.05) is 19.2 Å². The molecule has 0 aliphatic rings. The van der Waals surface area contributed by atoms with Crippen molar-refractivity contribution in [2.75, 3.05) is 17.7 Å². The highest BCUT2D eigenvalue weighted by Crippen LogP contribution is 2.23. The number of nitrogen functional groups attached to an aromatic ring is 1. The molecule has 0 spiro atoms. The first-order valence-corrected chi connectivity index (χ1v) is 5.49. The lowest BCUT2D eigenvalue weighted by molar-refractivity contribution is 0.505. The van der Waals surface area contributed by atoms with E-state index in [0.717, 1.165) is 5.69 Å². The zero-order valence-corrected chi connectivity index (χ0v) is 10.4. The second-order valence-corrected chi connectivity index (χ2v) is 4.48. The van der Waals surface area contributed by atoms with Crippen molar-refractivity contribution in [3.8, 4) is 6.07 Å². The third-order valence-corrected chi connectivity index (χ3v) is 3.14. The summed E-state index contributed by atoms with van der Waals surface area (Å²) >= 11 is 0. The van der Waals surface area contributed by atoms with Crippen LogP contribution in [0.15, 0.2) is 18.2 Å². The molecule has 0 amide bonds. The van der Waals surface area contributed by atoms with Crippen molar-refractivity contribution in [1.82, 2.24) is 0 Å². The first-order valence-electron chi connectivity index (χ1n) is 5.49. The van der Waals surface area contributed by atoms with Crippen molar-refractivity contribution in [1.29, 1.82) is 5.26 Å². The highest BCUT2D eigenvalue weighted by atomic mass is 15.1. The topological polar surface area (TPSA) is 53.0 Å². The Morgan fingerprint density at radius 3 is 2.38 bits per heavy atom. The molecule has 0 aliphatic carbocycles. The van der Waals surface area contributed by atoms with E-state index in [-0.39, 0.29) is 0 Å². The van der Waals surface area contributed by atoms with Gasteiger partial charge in [-0.1, -0.05) is 13.8 Å². The lowest BCUT2D eigenvalue weighted by Crippen LogP contribution is -2.33. The molecule has 1 unspecified atom stereocenters. The van der Waals surface area contributed by atoms with Gasteiger partial charge >= 0.3 is 0 Å². The molecule has 3 nitrogen and oxygen atoms in total. The van der Waals surface area contributed by atoms with Crippen LogP contribution in [-0.2, 0) is 0 Å². The van der Waals surface area contributed by atoms with Crippen molar-refractivity contribution >= 4 is 11.4 Å². The summed E-state index contributed by atoms with van der Waals surface area (Å²) < 4.78 is 0. The largest absolute Gasteiger partial charge is 0.398 e. The van der Waals surface area contributed by atoms with Gasteiger partial charge in [0.15, 0.2) is 0 Å². The molecule has 0 aliphatic heterocycles. The van der Waals surface area contributed by atoms with Gasteiger partial charge in [0, 0.05) is 18.8 Å². The smallest absolute Gasteiger partial charge is 0.101 e. The Hall–Kier alpha value is -1.69. The highest BCUT2D eigenvalue weighted by molar-refractivity contribution is 5.63. The first-order chi connectivity index (χ1) is 7.47. The van der Waals surface area contributed by atoms with E-state index in [2.05, 4.69) is 31.7 Å². The van der Waals surface area contributed by atoms with Crippen molar-refractivity contribution in [2.45, 2.75) is 26.8 Å². The molecule has 0 heterocycles. The molecule has 3 heteroatoms. The maximum absolute atomic E-state index is 8.80. The summed E-state index contributed by atoms with van der Waals surface area (Å²) in [7, 11) is 2.05. The molecule has 0 saturated carbocycles. The molecule has 1 aromatic carbocycles. The molecule has 1 aromatic rings. The molecule has 86 valence electrons. The van der Waals surface area contributed by atoms with Crippen molar-refractivity contribution in [3.63, 3.8) is 0 Å². The van der Waals surface area contributed by atoms with Gasteiger partial charge in [0.05, 0.1) is 11.3 Å². The minimum Gasteiger partial charge on any atom is -0.398 e. The molecule has 1 atom stereocenters. The van der Waals surface area contributed by atoms with Gasteiger partial charge < -0.3 is 10.6 Å². The van der Waals surface area contributed by atoms with Crippen LogP contribution in [-0.4, -0.2) is 13.1 Å². The van der Waals surface area contributed by atoms with E-state index >= 15 is 0 Å². The van der Waals surface area contributed by atoms with Gasteiger partial charge in [0.1, 0.15) is 6.07 Å². The molecule has 16 heavy (non-hydrogen) atoms. The van der Waals surface area contributed by atoms with Crippen LogP contribution in [0, 0.1) is 17.2 Å². The zero-order valence-electron chi connectivity index (χ0n) is 10.4. The summed E-state index contributed by atoms with van der Waals surface area (Å²) in [5.41, 5.74) is 7.93. The number of anilines is 2. The van der Waals surface area contributed by atoms with E-state index in [1.165, 1.54) is 0 Å². The Balaban J connectivity index is 2.98. The van der Waals surface area contributed by atoms with Gasteiger partial charge in [0.2, 0.25) is 0 Å². The van der Waals surface area contributed by atoms with Gasteiger partial charge in [-0.3, -0.25) is 0 Å². The minimum atomic E-state index is 0.437. The molecule has 0 aromatic heterocycles. The third-order valence-electron chi connectivity index (χ3n) is 3.14. The monoisotopic (exact) mass is 217 g/mol. The van der Waals surface area contributed by atoms with Gasteiger partial charge in [-0.25, -0.2) is 0 Å². The fourth-order valence-corrected chi connectivity index (χ4v) is 1.55. The number of nitrogens with zero attached hydrogens (tertiary/aromatic N) is 2. The molecule has 0 saturated heterocycles. The minimum absolute atomic E-state index is 0.437. The fourth-order valence-electron chi connectivity index (χ4n) is 1.55. The Kier molecular flexibility index (Phi) is 3.78. The Morgan fingerprint density at radius 2 is 1.94 bits per heavy atom. The summed E-state index contributed by atoms with van der Waals surface area (Å²) in [5, 5.41) is 8.80. The lowest BCUT2D eigenvalue weighted by Gasteiger charge is -2.30. The van der Waals surface area contributed by atoms with Crippen LogP contribution in [0.4, 0.5) is 11.4 Å². The molecule has 0 radical (unpaired) electrons. The Bertz CT molecular complexity index is 404. The number of hydrogen-bond donors (Lipinski definition) is 1. The third kappa shape index (κ3) is 2.46. The maximum atomic E-state index is 8.80. The lowest BCUT2D eigenvalue weighted by atomic mass is 10.0. The SMILES string of the molecule is CC(C)C(C)N(C)c1ccc(C#N)c(N)c1. The average molecular weight is 217 g/mol. The number of nitriles is 1. The van der Waals surface area contributed by atoms with Gasteiger partial charge in [-0.15, -0.1) is 0 Å².